The molecule has 0 heterocycles. The molecule has 0 aromatic heterocycles. The highest BCUT2D eigenvalue weighted by Crippen LogP contribution is 2.17. The number of esters is 1. The number of hydrogen-bond acceptors (Lipinski definition) is 3. The third kappa shape index (κ3) is 6.26. The van der Waals surface area contributed by atoms with Crippen molar-refractivity contribution in [3.8, 4) is 0 Å². The summed E-state index contributed by atoms with van der Waals surface area (Å²) in [6.45, 7) is 5.59. The van der Waals surface area contributed by atoms with Crippen LogP contribution in [0.4, 0.5) is 0 Å². The molecule has 3 nitrogen and oxygen atoms in total. The van der Waals surface area contributed by atoms with Crippen molar-refractivity contribution in [1.82, 2.24) is 0 Å². The third-order valence-corrected chi connectivity index (χ3v) is 3.88. The molecular weight excluding hydrogens is 390 g/mol. The summed E-state index contributed by atoms with van der Waals surface area (Å²) in [5.74, 6) is -0.326. The predicted octanol–water partition coefficient (Wildman–Crippen LogP) is 5.53. The Balaban J connectivity index is 2.47. The van der Waals surface area contributed by atoms with Gasteiger partial charge in [0, 0.05) is 11.1 Å². The van der Waals surface area contributed by atoms with E-state index in [1.807, 2.05) is 87.5 Å². The monoisotopic (exact) mass is 413 g/mol. The maximum atomic E-state index is 12.7. The second-order valence-corrected chi connectivity index (χ2v) is 7.39. The largest absolute Gasteiger partial charge is 0.458 e. The molecule has 0 aliphatic heterocycles. The number of benzene rings is 2. The lowest BCUT2D eigenvalue weighted by Crippen LogP contribution is -2.31. The number of aliphatic imine (C=N–C) groups is 1. The van der Waals surface area contributed by atoms with E-state index in [1.54, 1.807) is 4.99 Å². The van der Waals surface area contributed by atoms with Crippen LogP contribution in [0.5, 0.6) is 0 Å². The van der Waals surface area contributed by atoms with Crippen LogP contribution in [0, 0.1) is 0 Å². The van der Waals surface area contributed by atoms with Gasteiger partial charge in [-0.2, -0.15) is 0 Å². The maximum absolute atomic E-state index is 12.7. The Morgan fingerprint density at radius 2 is 1.54 bits per heavy atom. The number of hydrogen-bond donors (Lipinski definition) is 0. The minimum atomic E-state index is -0.613. The van der Waals surface area contributed by atoms with E-state index in [1.165, 1.54) is 0 Å². The normalized spacial score (nSPS) is 12.6. The van der Waals surface area contributed by atoms with Gasteiger partial charge in [0.05, 0.1) is 5.71 Å². The van der Waals surface area contributed by atoms with E-state index in [0.717, 1.165) is 16.8 Å². The molecule has 0 radical (unpaired) electrons. The van der Waals surface area contributed by atoms with Gasteiger partial charge in [0.15, 0.2) is 6.04 Å². The molecule has 0 bridgehead atoms. The molecule has 2 aromatic rings. The summed E-state index contributed by atoms with van der Waals surface area (Å²) in [7, 11) is 0. The highest BCUT2D eigenvalue weighted by Gasteiger charge is 2.25. The molecule has 0 spiro atoms. The lowest BCUT2D eigenvalue weighted by atomic mass is 10.0. The van der Waals surface area contributed by atoms with Crippen LogP contribution in [-0.2, 0) is 9.53 Å². The highest BCUT2D eigenvalue weighted by atomic mass is 79.9. The molecule has 26 heavy (non-hydrogen) atoms. The van der Waals surface area contributed by atoms with Crippen molar-refractivity contribution in [3.63, 3.8) is 0 Å². The quantitative estimate of drug-likeness (QED) is 0.460. The van der Waals surface area contributed by atoms with E-state index in [0.29, 0.717) is 6.42 Å². The Labute approximate surface area is 163 Å². The Kier molecular flexibility index (Phi) is 7.34. The fraction of sp³-hybridized carbons (Fsp3) is 0.273. The summed E-state index contributed by atoms with van der Waals surface area (Å²) in [5.41, 5.74) is 2.16. The van der Waals surface area contributed by atoms with Crippen molar-refractivity contribution in [2.24, 2.45) is 4.99 Å². The minimum Gasteiger partial charge on any atom is -0.458 e. The molecule has 0 saturated carbocycles. The lowest BCUT2D eigenvalue weighted by Gasteiger charge is -2.22. The molecule has 0 N–H and O–H groups in total. The third-order valence-electron chi connectivity index (χ3n) is 3.51. The standard InChI is InChI=1S/C22H24BrNO2/c1-22(2,3)26-21(25)19(15-10-16-23)24-20(17-11-6-4-7-12-17)18-13-8-5-9-14-18/h4-14,16,19H,15H2,1-3H3/b16-10-. The van der Waals surface area contributed by atoms with E-state index in [4.69, 9.17) is 9.73 Å². The van der Waals surface area contributed by atoms with Gasteiger partial charge >= 0.3 is 5.97 Å². The van der Waals surface area contributed by atoms with E-state index in [9.17, 15) is 4.79 Å². The van der Waals surface area contributed by atoms with Crippen LogP contribution in [0.2, 0.25) is 0 Å². The van der Waals surface area contributed by atoms with E-state index < -0.39 is 11.6 Å². The zero-order valence-electron chi connectivity index (χ0n) is 15.4. The first kappa shape index (κ1) is 20.1. The number of nitrogens with zero attached hydrogens (tertiary/aromatic N) is 1. The summed E-state index contributed by atoms with van der Waals surface area (Å²) < 4.78 is 5.57. The van der Waals surface area contributed by atoms with Crippen LogP contribution in [0.15, 0.2) is 76.7 Å². The first-order chi connectivity index (χ1) is 12.4. The van der Waals surface area contributed by atoms with Crippen molar-refractivity contribution in [2.45, 2.75) is 38.8 Å². The second-order valence-electron chi connectivity index (χ2n) is 6.86. The number of carbonyl (C=O) groups excluding carboxylic acids is 1. The second kappa shape index (κ2) is 9.48. The summed E-state index contributed by atoms with van der Waals surface area (Å²) in [5, 5.41) is 0. The fourth-order valence-corrected chi connectivity index (χ4v) is 2.63. The average molecular weight is 414 g/mol. The molecule has 4 heteroatoms. The van der Waals surface area contributed by atoms with Crippen LogP contribution in [-0.4, -0.2) is 23.3 Å². The van der Waals surface area contributed by atoms with Gasteiger partial charge in [-0.25, -0.2) is 4.79 Å². The van der Waals surface area contributed by atoms with E-state index >= 15 is 0 Å². The zero-order valence-corrected chi connectivity index (χ0v) is 16.9. The SMILES string of the molecule is CC(C)(C)OC(=O)C(C/C=C\Br)N=C(c1ccccc1)c1ccccc1. The van der Waals surface area contributed by atoms with Gasteiger partial charge in [0.1, 0.15) is 5.60 Å². The molecule has 136 valence electrons. The van der Waals surface area contributed by atoms with Gasteiger partial charge in [0.2, 0.25) is 0 Å². The number of carbonyl (C=O) groups is 1. The number of rotatable bonds is 6. The molecular formula is C22H24BrNO2. The Bertz CT molecular complexity index is 720. The van der Waals surface area contributed by atoms with Crippen LogP contribution < -0.4 is 0 Å². The van der Waals surface area contributed by atoms with Crippen LogP contribution in [0.3, 0.4) is 0 Å². The first-order valence-corrected chi connectivity index (χ1v) is 9.49. The van der Waals surface area contributed by atoms with Gasteiger partial charge in [0.25, 0.3) is 0 Å². The molecule has 0 aliphatic carbocycles. The van der Waals surface area contributed by atoms with Crippen LogP contribution in [0.1, 0.15) is 38.3 Å². The van der Waals surface area contributed by atoms with Gasteiger partial charge in [-0.05, 0) is 32.2 Å². The summed E-state index contributed by atoms with van der Waals surface area (Å²) >= 11 is 3.26. The van der Waals surface area contributed by atoms with Gasteiger partial charge in [-0.1, -0.05) is 82.7 Å². The summed E-state index contributed by atoms with van der Waals surface area (Å²) in [6.07, 6.45) is 2.33. The summed E-state index contributed by atoms with van der Waals surface area (Å²) in [4.78, 5) is 19.2. The zero-order chi connectivity index (χ0) is 19.0. The maximum Gasteiger partial charge on any atom is 0.331 e. The topological polar surface area (TPSA) is 38.7 Å². The molecule has 0 fully saturated rings. The van der Waals surface area contributed by atoms with Crippen LogP contribution >= 0.6 is 15.9 Å². The fourth-order valence-electron chi connectivity index (χ4n) is 2.42. The average Bonchev–Trinajstić information content (AvgIpc) is 2.62. The van der Waals surface area contributed by atoms with Crippen molar-refractivity contribution < 1.29 is 9.53 Å². The van der Waals surface area contributed by atoms with Crippen molar-refractivity contribution in [1.29, 1.82) is 0 Å². The number of ether oxygens (including phenoxy) is 1. The molecule has 0 saturated heterocycles. The van der Waals surface area contributed by atoms with Gasteiger partial charge in [-0.3, -0.25) is 4.99 Å². The van der Waals surface area contributed by atoms with E-state index in [-0.39, 0.29) is 5.97 Å². The van der Waals surface area contributed by atoms with Gasteiger partial charge < -0.3 is 4.74 Å². The molecule has 1 atom stereocenters. The molecule has 0 amide bonds. The van der Waals surface area contributed by atoms with Gasteiger partial charge in [-0.15, -0.1) is 0 Å². The molecule has 1 unspecified atom stereocenters. The minimum absolute atomic E-state index is 0.326. The predicted molar refractivity (Wildman–Crippen MR) is 111 cm³/mol. The smallest absolute Gasteiger partial charge is 0.331 e. The molecule has 2 rings (SSSR count). The van der Waals surface area contributed by atoms with Crippen LogP contribution in [0.25, 0.3) is 0 Å². The van der Waals surface area contributed by atoms with E-state index in [2.05, 4.69) is 15.9 Å². The highest BCUT2D eigenvalue weighted by molar-refractivity contribution is 9.11. The Hall–Kier alpha value is -2.20. The summed E-state index contributed by atoms with van der Waals surface area (Å²) in [6, 6.07) is 19.2. The molecule has 0 aliphatic rings. The lowest BCUT2D eigenvalue weighted by molar-refractivity contribution is -0.156. The Morgan fingerprint density at radius 1 is 1.04 bits per heavy atom. The van der Waals surface area contributed by atoms with Crippen molar-refractivity contribution >= 4 is 27.6 Å². The molecule has 2 aromatic carbocycles. The van der Waals surface area contributed by atoms with Crippen molar-refractivity contribution in [3.05, 3.63) is 82.9 Å². The number of halogens is 1. The Morgan fingerprint density at radius 3 is 1.96 bits per heavy atom. The first-order valence-electron chi connectivity index (χ1n) is 8.57. The van der Waals surface area contributed by atoms with Crippen molar-refractivity contribution in [2.75, 3.05) is 0 Å².